The fourth-order valence-electron chi connectivity index (χ4n) is 1.31. The summed E-state index contributed by atoms with van der Waals surface area (Å²) in [6.07, 6.45) is 2.31. The lowest BCUT2D eigenvalue weighted by Crippen LogP contribution is -1.94. The number of carbonyl (C=O) groups is 1. The highest BCUT2D eigenvalue weighted by Gasteiger charge is 2.03. The van der Waals surface area contributed by atoms with E-state index < -0.39 is 0 Å². The number of nitrogens with zero attached hydrogens (tertiary/aromatic N) is 3. The average molecular weight is 187 g/mol. The summed E-state index contributed by atoms with van der Waals surface area (Å²) >= 11 is 0. The molecule has 1 heterocycles. The third-order valence-corrected chi connectivity index (χ3v) is 1.99. The summed E-state index contributed by atoms with van der Waals surface area (Å²) in [5.74, 6) is 0.758. The zero-order valence-corrected chi connectivity index (χ0v) is 7.71. The summed E-state index contributed by atoms with van der Waals surface area (Å²) < 4.78 is 1.67. The van der Waals surface area contributed by atoms with Crippen LogP contribution in [0.2, 0.25) is 0 Å². The second-order valence-corrected chi connectivity index (χ2v) is 2.95. The van der Waals surface area contributed by atoms with Crippen molar-refractivity contribution in [2.75, 3.05) is 0 Å². The molecule has 14 heavy (non-hydrogen) atoms. The lowest BCUT2D eigenvalue weighted by molar-refractivity contribution is 0.112. The van der Waals surface area contributed by atoms with Crippen LogP contribution in [0.4, 0.5) is 0 Å². The first-order valence-electron chi connectivity index (χ1n) is 4.21. The van der Waals surface area contributed by atoms with E-state index in [0.717, 1.165) is 17.7 Å². The van der Waals surface area contributed by atoms with Crippen LogP contribution in [0.1, 0.15) is 10.4 Å². The number of hydrogen-bond donors (Lipinski definition) is 0. The lowest BCUT2D eigenvalue weighted by Gasteiger charge is -2.00. The van der Waals surface area contributed by atoms with Crippen LogP contribution < -0.4 is 0 Å². The molecule has 0 saturated carbocycles. The van der Waals surface area contributed by atoms with E-state index >= 15 is 0 Å². The normalized spacial score (nSPS) is 10.1. The molecule has 1 aromatic carbocycles. The zero-order valence-electron chi connectivity index (χ0n) is 7.71. The summed E-state index contributed by atoms with van der Waals surface area (Å²) in [5, 5.41) is 3.97. The summed E-state index contributed by atoms with van der Waals surface area (Å²) in [6, 6.07) is 7.27. The number of aryl methyl sites for hydroxylation is 1. The lowest BCUT2D eigenvalue weighted by atomic mass is 10.1. The second-order valence-electron chi connectivity index (χ2n) is 2.95. The van der Waals surface area contributed by atoms with Crippen LogP contribution in [0.25, 0.3) is 11.4 Å². The molecule has 0 N–H and O–H groups in total. The van der Waals surface area contributed by atoms with E-state index in [2.05, 4.69) is 10.1 Å². The molecule has 0 aliphatic heterocycles. The van der Waals surface area contributed by atoms with Crippen LogP contribution in [0.5, 0.6) is 0 Å². The summed E-state index contributed by atoms with van der Waals surface area (Å²) in [6.45, 7) is 0. The maximum Gasteiger partial charge on any atom is 0.157 e. The summed E-state index contributed by atoms with van der Waals surface area (Å²) in [5.41, 5.74) is 1.54. The molecular formula is C10H9N3O. The van der Waals surface area contributed by atoms with Crippen molar-refractivity contribution in [3.8, 4) is 11.4 Å². The first kappa shape index (κ1) is 8.62. The van der Waals surface area contributed by atoms with E-state index in [-0.39, 0.29) is 0 Å². The molecule has 70 valence electrons. The van der Waals surface area contributed by atoms with Crippen LogP contribution in [0, 0.1) is 0 Å². The van der Waals surface area contributed by atoms with Gasteiger partial charge in [-0.2, -0.15) is 5.10 Å². The third kappa shape index (κ3) is 1.42. The molecule has 0 unspecified atom stereocenters. The predicted octanol–water partition coefficient (Wildman–Crippen LogP) is 1.29. The molecular weight excluding hydrogens is 178 g/mol. The third-order valence-electron chi connectivity index (χ3n) is 1.99. The van der Waals surface area contributed by atoms with Crippen LogP contribution >= 0.6 is 0 Å². The van der Waals surface area contributed by atoms with Crippen LogP contribution in [0.15, 0.2) is 30.6 Å². The fraction of sp³-hybridized carbons (Fsp3) is 0.100. The minimum atomic E-state index is 0.644. The largest absolute Gasteiger partial charge is 0.298 e. The molecule has 0 amide bonds. The Kier molecular flexibility index (Phi) is 2.10. The number of aromatic nitrogens is 3. The highest BCUT2D eigenvalue weighted by atomic mass is 16.1. The summed E-state index contributed by atoms with van der Waals surface area (Å²) in [7, 11) is 1.82. The monoisotopic (exact) mass is 187 g/mol. The predicted molar refractivity (Wildman–Crippen MR) is 51.8 cm³/mol. The van der Waals surface area contributed by atoms with Crippen molar-refractivity contribution in [2.45, 2.75) is 0 Å². The molecule has 2 aromatic rings. The Labute approximate surface area is 81.2 Å². The molecule has 0 atom stereocenters. The van der Waals surface area contributed by atoms with Gasteiger partial charge in [0.1, 0.15) is 12.6 Å². The zero-order chi connectivity index (χ0) is 9.97. The van der Waals surface area contributed by atoms with Crippen molar-refractivity contribution >= 4 is 6.29 Å². The first-order chi connectivity index (χ1) is 6.81. The number of rotatable bonds is 2. The summed E-state index contributed by atoms with van der Waals surface area (Å²) in [4.78, 5) is 14.7. The van der Waals surface area contributed by atoms with Gasteiger partial charge in [0.25, 0.3) is 0 Å². The van der Waals surface area contributed by atoms with Crippen molar-refractivity contribution in [2.24, 2.45) is 7.05 Å². The van der Waals surface area contributed by atoms with Gasteiger partial charge in [-0.1, -0.05) is 18.2 Å². The van der Waals surface area contributed by atoms with Gasteiger partial charge < -0.3 is 0 Å². The van der Waals surface area contributed by atoms with Crippen LogP contribution in [-0.4, -0.2) is 21.1 Å². The Morgan fingerprint density at radius 1 is 1.43 bits per heavy atom. The van der Waals surface area contributed by atoms with Gasteiger partial charge in [-0.3, -0.25) is 4.79 Å². The molecule has 2 rings (SSSR count). The van der Waals surface area contributed by atoms with Gasteiger partial charge in [0.05, 0.1) is 0 Å². The van der Waals surface area contributed by atoms with Gasteiger partial charge in [0.15, 0.2) is 5.82 Å². The van der Waals surface area contributed by atoms with Gasteiger partial charge in [0.2, 0.25) is 0 Å². The Morgan fingerprint density at radius 2 is 2.29 bits per heavy atom. The van der Waals surface area contributed by atoms with Gasteiger partial charge in [-0.15, -0.1) is 0 Å². The smallest absolute Gasteiger partial charge is 0.157 e. The van der Waals surface area contributed by atoms with Crippen molar-refractivity contribution < 1.29 is 4.79 Å². The van der Waals surface area contributed by atoms with E-state index in [0.29, 0.717) is 5.56 Å². The molecule has 0 aliphatic carbocycles. The molecule has 0 fully saturated rings. The van der Waals surface area contributed by atoms with E-state index in [9.17, 15) is 4.79 Å². The second kappa shape index (κ2) is 3.41. The molecule has 0 radical (unpaired) electrons. The van der Waals surface area contributed by atoms with Gasteiger partial charge in [-0.05, 0) is 6.07 Å². The average Bonchev–Trinajstić information content (AvgIpc) is 2.65. The standard InChI is InChI=1S/C10H9N3O/c1-13-10(11-7-12-13)9-4-2-3-8(5-9)6-14/h2-7H,1H3. The highest BCUT2D eigenvalue weighted by Crippen LogP contribution is 2.15. The first-order valence-corrected chi connectivity index (χ1v) is 4.21. The van der Waals surface area contributed by atoms with Gasteiger partial charge >= 0.3 is 0 Å². The van der Waals surface area contributed by atoms with Crippen molar-refractivity contribution in [1.82, 2.24) is 14.8 Å². The topological polar surface area (TPSA) is 47.8 Å². The highest BCUT2D eigenvalue weighted by molar-refractivity contribution is 5.77. The molecule has 0 saturated heterocycles. The van der Waals surface area contributed by atoms with Crippen molar-refractivity contribution in [3.05, 3.63) is 36.2 Å². The molecule has 4 heteroatoms. The Balaban J connectivity index is 2.52. The SMILES string of the molecule is Cn1ncnc1-c1cccc(C=O)c1. The van der Waals surface area contributed by atoms with E-state index in [1.165, 1.54) is 6.33 Å². The molecule has 0 spiro atoms. The molecule has 1 aromatic heterocycles. The van der Waals surface area contributed by atoms with Crippen LogP contribution in [-0.2, 0) is 7.05 Å². The Morgan fingerprint density at radius 3 is 2.93 bits per heavy atom. The fourth-order valence-corrected chi connectivity index (χ4v) is 1.31. The maximum absolute atomic E-state index is 10.6. The van der Waals surface area contributed by atoms with E-state index in [4.69, 9.17) is 0 Å². The van der Waals surface area contributed by atoms with Gasteiger partial charge in [-0.25, -0.2) is 9.67 Å². The number of benzene rings is 1. The maximum atomic E-state index is 10.6. The van der Waals surface area contributed by atoms with Crippen molar-refractivity contribution in [1.29, 1.82) is 0 Å². The Hall–Kier alpha value is -1.97. The minimum Gasteiger partial charge on any atom is -0.298 e. The Bertz CT molecular complexity index is 462. The van der Waals surface area contributed by atoms with Crippen LogP contribution in [0.3, 0.4) is 0 Å². The molecule has 4 nitrogen and oxygen atoms in total. The number of carbonyl (C=O) groups excluding carboxylic acids is 1. The quantitative estimate of drug-likeness (QED) is 0.665. The van der Waals surface area contributed by atoms with Crippen molar-refractivity contribution in [3.63, 3.8) is 0 Å². The number of aldehydes is 1. The van der Waals surface area contributed by atoms with E-state index in [1.54, 1.807) is 16.8 Å². The molecule has 0 bridgehead atoms. The van der Waals surface area contributed by atoms with E-state index in [1.807, 2.05) is 19.2 Å². The van der Waals surface area contributed by atoms with Gasteiger partial charge in [0, 0.05) is 18.2 Å². The number of hydrogen-bond acceptors (Lipinski definition) is 3. The molecule has 0 aliphatic rings. The minimum absolute atomic E-state index is 0.644.